The second-order valence-corrected chi connectivity index (χ2v) is 9.16. The molecule has 0 radical (unpaired) electrons. The molecule has 1 heterocycles. The minimum atomic E-state index is -1.80. The van der Waals surface area contributed by atoms with E-state index in [-0.39, 0.29) is 23.9 Å². The lowest BCUT2D eigenvalue weighted by molar-refractivity contribution is -0.145. The third kappa shape index (κ3) is 4.63. The maximum absolute atomic E-state index is 12.3. The molecular formula is C24H23N3O6S. The van der Waals surface area contributed by atoms with Crippen LogP contribution in [-0.4, -0.2) is 51.9 Å². The van der Waals surface area contributed by atoms with E-state index < -0.39 is 30.1 Å². The molecule has 3 aromatic rings. The molecule has 9 nitrogen and oxygen atoms in total. The Morgan fingerprint density at radius 3 is 2.29 bits per heavy atom. The molecule has 34 heavy (non-hydrogen) atoms. The molecule has 1 aliphatic rings. The minimum Gasteiger partial charge on any atom is -0.479 e. The molecule has 176 valence electrons. The standard InChI is InChI=1S/C24H23N3O6S/c1-24(13-28,22(30)31)27-21(29)19-10-25-20(34-19)11-26-23(32)33-12-18-16-8-4-2-6-14(16)15-7-3-5-9-17(15)18/h2-10,18,28H,11-13H2,1H3,(H,26,32)(H,27,29)(H,30,31). The summed E-state index contributed by atoms with van der Waals surface area (Å²) >= 11 is 1.00. The molecule has 2 aromatic carbocycles. The van der Waals surface area contributed by atoms with Gasteiger partial charge in [0.05, 0.1) is 19.3 Å². The molecule has 0 saturated heterocycles. The van der Waals surface area contributed by atoms with Gasteiger partial charge >= 0.3 is 12.1 Å². The van der Waals surface area contributed by atoms with Crippen molar-refractivity contribution in [1.29, 1.82) is 0 Å². The average molecular weight is 482 g/mol. The van der Waals surface area contributed by atoms with Crippen LogP contribution in [0.25, 0.3) is 11.1 Å². The van der Waals surface area contributed by atoms with Crippen molar-refractivity contribution in [2.24, 2.45) is 0 Å². The van der Waals surface area contributed by atoms with Gasteiger partial charge in [-0.15, -0.1) is 11.3 Å². The van der Waals surface area contributed by atoms with Crippen LogP contribution in [0.2, 0.25) is 0 Å². The highest BCUT2D eigenvalue weighted by molar-refractivity contribution is 7.13. The normalized spacial score (nSPS) is 13.9. The Kier molecular flexibility index (Phi) is 6.62. The first-order valence-electron chi connectivity index (χ1n) is 10.5. The number of benzene rings is 2. The van der Waals surface area contributed by atoms with Gasteiger partial charge in [-0.05, 0) is 29.2 Å². The number of amides is 2. The van der Waals surface area contributed by atoms with Crippen LogP contribution in [0.1, 0.15) is 38.6 Å². The number of carboxylic acid groups (broad SMARTS) is 1. The lowest BCUT2D eigenvalue weighted by Gasteiger charge is -2.22. The second-order valence-electron chi connectivity index (χ2n) is 8.05. The van der Waals surface area contributed by atoms with Crippen molar-refractivity contribution in [3.8, 4) is 11.1 Å². The number of carbonyl (C=O) groups is 3. The van der Waals surface area contributed by atoms with Crippen molar-refractivity contribution in [2.75, 3.05) is 13.2 Å². The number of aromatic nitrogens is 1. The van der Waals surface area contributed by atoms with E-state index in [1.807, 2.05) is 36.4 Å². The third-order valence-electron chi connectivity index (χ3n) is 5.68. The van der Waals surface area contributed by atoms with E-state index in [9.17, 15) is 19.5 Å². The smallest absolute Gasteiger partial charge is 0.407 e. The number of ether oxygens (including phenoxy) is 1. The number of aliphatic carboxylic acids is 1. The van der Waals surface area contributed by atoms with Gasteiger partial charge in [-0.25, -0.2) is 14.6 Å². The second kappa shape index (κ2) is 9.62. The maximum Gasteiger partial charge on any atom is 0.407 e. The molecule has 0 fully saturated rings. The molecule has 2 amide bonds. The van der Waals surface area contributed by atoms with Crippen molar-refractivity contribution in [3.63, 3.8) is 0 Å². The summed E-state index contributed by atoms with van der Waals surface area (Å²) in [7, 11) is 0. The van der Waals surface area contributed by atoms with E-state index in [1.54, 1.807) is 0 Å². The summed E-state index contributed by atoms with van der Waals surface area (Å²) in [5.74, 6) is -2.09. The number of aliphatic hydroxyl groups excluding tert-OH is 1. The predicted octanol–water partition coefficient (Wildman–Crippen LogP) is 2.75. The van der Waals surface area contributed by atoms with Crippen LogP contribution in [-0.2, 0) is 16.1 Å². The Bertz CT molecular complexity index is 1200. The van der Waals surface area contributed by atoms with Gasteiger partial charge in [-0.2, -0.15) is 0 Å². The molecule has 4 rings (SSSR count). The highest BCUT2D eigenvalue weighted by Crippen LogP contribution is 2.44. The summed E-state index contributed by atoms with van der Waals surface area (Å²) in [5.41, 5.74) is 2.70. The molecule has 1 aromatic heterocycles. The Morgan fingerprint density at radius 2 is 1.71 bits per heavy atom. The van der Waals surface area contributed by atoms with Crippen LogP contribution in [0.3, 0.4) is 0 Å². The zero-order valence-electron chi connectivity index (χ0n) is 18.3. The zero-order chi connectivity index (χ0) is 24.3. The number of rotatable bonds is 8. The number of aliphatic hydroxyl groups is 1. The Labute approximate surface area is 199 Å². The summed E-state index contributed by atoms with van der Waals surface area (Å²) in [4.78, 5) is 40.1. The van der Waals surface area contributed by atoms with Crippen molar-refractivity contribution in [1.82, 2.24) is 15.6 Å². The summed E-state index contributed by atoms with van der Waals surface area (Å²) in [6, 6.07) is 16.1. The van der Waals surface area contributed by atoms with Gasteiger partial charge in [0.1, 0.15) is 16.5 Å². The summed E-state index contributed by atoms with van der Waals surface area (Å²) in [6.07, 6.45) is 0.677. The van der Waals surface area contributed by atoms with Crippen LogP contribution in [0, 0.1) is 0 Å². The number of alkyl carbamates (subject to hydrolysis) is 1. The quantitative estimate of drug-likeness (QED) is 0.388. The molecule has 1 atom stereocenters. The zero-order valence-corrected chi connectivity index (χ0v) is 19.1. The van der Waals surface area contributed by atoms with E-state index in [1.165, 1.54) is 13.1 Å². The topological polar surface area (TPSA) is 138 Å². The Morgan fingerprint density at radius 1 is 1.09 bits per heavy atom. The van der Waals surface area contributed by atoms with Crippen molar-refractivity contribution >= 4 is 29.3 Å². The molecule has 1 aliphatic carbocycles. The number of thiazole rings is 1. The largest absolute Gasteiger partial charge is 0.479 e. The number of hydrogen-bond donors (Lipinski definition) is 4. The molecule has 0 spiro atoms. The van der Waals surface area contributed by atoms with Crippen LogP contribution in [0.5, 0.6) is 0 Å². The van der Waals surface area contributed by atoms with Gasteiger partial charge in [-0.1, -0.05) is 48.5 Å². The lowest BCUT2D eigenvalue weighted by Crippen LogP contribution is -2.54. The number of carboxylic acids is 1. The van der Waals surface area contributed by atoms with Crippen molar-refractivity contribution in [2.45, 2.75) is 24.9 Å². The van der Waals surface area contributed by atoms with E-state index in [2.05, 4.69) is 27.8 Å². The molecule has 10 heteroatoms. The fourth-order valence-corrected chi connectivity index (χ4v) is 4.52. The predicted molar refractivity (Wildman–Crippen MR) is 125 cm³/mol. The van der Waals surface area contributed by atoms with Crippen LogP contribution in [0.4, 0.5) is 4.79 Å². The molecule has 0 aliphatic heterocycles. The van der Waals surface area contributed by atoms with Crippen LogP contribution >= 0.6 is 11.3 Å². The number of nitrogens with one attached hydrogen (secondary N) is 2. The highest BCUT2D eigenvalue weighted by atomic mass is 32.1. The van der Waals surface area contributed by atoms with Gasteiger partial charge in [0, 0.05) is 5.92 Å². The SMILES string of the molecule is CC(CO)(NC(=O)c1cnc(CNC(=O)OCC2c3ccccc3-c3ccccc32)s1)C(=O)O. The fourth-order valence-electron chi connectivity index (χ4n) is 3.77. The van der Waals surface area contributed by atoms with E-state index in [4.69, 9.17) is 9.84 Å². The molecule has 1 unspecified atom stereocenters. The Hall–Kier alpha value is -3.76. The van der Waals surface area contributed by atoms with Gasteiger partial charge < -0.3 is 25.6 Å². The number of nitrogens with zero attached hydrogens (tertiary/aromatic N) is 1. The van der Waals surface area contributed by atoms with Gasteiger partial charge in [0.15, 0.2) is 5.54 Å². The van der Waals surface area contributed by atoms with Gasteiger partial charge in [-0.3, -0.25) is 4.79 Å². The van der Waals surface area contributed by atoms with Crippen molar-refractivity contribution in [3.05, 3.63) is 75.7 Å². The van der Waals surface area contributed by atoms with E-state index in [0.717, 1.165) is 33.6 Å². The fraction of sp³-hybridized carbons (Fsp3) is 0.250. The van der Waals surface area contributed by atoms with Crippen molar-refractivity contribution < 1.29 is 29.3 Å². The number of carbonyl (C=O) groups excluding carboxylic acids is 2. The minimum absolute atomic E-state index is 0.0464. The molecule has 4 N–H and O–H groups in total. The lowest BCUT2D eigenvalue weighted by atomic mass is 9.98. The number of hydrogen-bond acceptors (Lipinski definition) is 7. The third-order valence-corrected chi connectivity index (χ3v) is 6.68. The first kappa shape index (κ1) is 23.4. The first-order chi connectivity index (χ1) is 16.3. The first-order valence-corrected chi connectivity index (χ1v) is 11.3. The number of fused-ring (bicyclic) bond motifs is 3. The molecule has 0 saturated carbocycles. The van der Waals surface area contributed by atoms with E-state index in [0.29, 0.717) is 5.01 Å². The monoisotopic (exact) mass is 481 g/mol. The van der Waals surface area contributed by atoms with Crippen LogP contribution in [0.15, 0.2) is 54.7 Å². The van der Waals surface area contributed by atoms with Crippen LogP contribution < -0.4 is 10.6 Å². The molecule has 0 bridgehead atoms. The average Bonchev–Trinajstić information content (AvgIpc) is 3.44. The highest BCUT2D eigenvalue weighted by Gasteiger charge is 2.35. The Balaban J connectivity index is 1.32. The van der Waals surface area contributed by atoms with Gasteiger partial charge in [0.25, 0.3) is 5.91 Å². The summed E-state index contributed by atoms with van der Waals surface area (Å²) in [6.45, 7) is 0.669. The maximum atomic E-state index is 12.3. The van der Waals surface area contributed by atoms with E-state index >= 15 is 0 Å². The van der Waals surface area contributed by atoms with Gasteiger partial charge in [0.2, 0.25) is 0 Å². The summed E-state index contributed by atoms with van der Waals surface area (Å²) in [5, 5.41) is 23.8. The molecular weight excluding hydrogens is 458 g/mol. The summed E-state index contributed by atoms with van der Waals surface area (Å²) < 4.78 is 5.48.